The molecule has 11 rings (SSSR count). The van der Waals surface area contributed by atoms with Crippen LogP contribution in [-0.4, -0.2) is 0 Å². The van der Waals surface area contributed by atoms with E-state index in [1.165, 1.54) is 106 Å². The second-order valence-electron chi connectivity index (χ2n) is 24.4. The lowest BCUT2D eigenvalue weighted by atomic mass is 9.68. The van der Waals surface area contributed by atoms with E-state index in [4.69, 9.17) is 0 Å². The summed E-state index contributed by atoms with van der Waals surface area (Å²) in [7, 11) is 0. The topological polar surface area (TPSA) is 3.24 Å². The summed E-state index contributed by atoms with van der Waals surface area (Å²) in [6, 6.07) is 43.7. The van der Waals surface area contributed by atoms with Crippen molar-refractivity contribution in [3.63, 3.8) is 0 Å². The summed E-state index contributed by atoms with van der Waals surface area (Å²) in [6.07, 6.45) is 8.17. The molecule has 0 radical (unpaired) electrons. The maximum atomic E-state index is 2.73. The van der Waals surface area contributed by atoms with Gasteiger partial charge in [-0.15, -0.1) is 0 Å². The zero-order valence-electron chi connectivity index (χ0n) is 41.4. The molecule has 0 saturated heterocycles. The molecule has 1 nitrogen and oxygen atoms in total. The summed E-state index contributed by atoms with van der Waals surface area (Å²) >= 11 is 0. The first-order valence-electron chi connectivity index (χ1n) is 23.9. The molecule has 0 saturated carbocycles. The lowest BCUT2D eigenvalue weighted by molar-refractivity contribution is 0.385. The van der Waals surface area contributed by atoms with Crippen molar-refractivity contribution in [2.45, 2.75) is 143 Å². The number of benzene rings is 6. The highest BCUT2D eigenvalue weighted by Crippen LogP contribution is 2.61. The van der Waals surface area contributed by atoms with Crippen LogP contribution in [0, 0.1) is 5.92 Å². The fourth-order valence-corrected chi connectivity index (χ4v) is 11.5. The Morgan fingerprint density at radius 2 is 1.00 bits per heavy atom. The summed E-state index contributed by atoms with van der Waals surface area (Å²) in [5, 5.41) is 0. The van der Waals surface area contributed by atoms with Crippen molar-refractivity contribution in [2.24, 2.45) is 5.92 Å². The molecule has 3 aliphatic carbocycles. The molecule has 2 aliphatic heterocycles. The second kappa shape index (κ2) is 13.8. The van der Waals surface area contributed by atoms with Gasteiger partial charge in [0.2, 0.25) is 0 Å². The van der Waals surface area contributed by atoms with Crippen molar-refractivity contribution in [2.75, 3.05) is 4.90 Å². The van der Waals surface area contributed by atoms with Gasteiger partial charge in [-0.2, -0.15) is 0 Å². The van der Waals surface area contributed by atoms with E-state index >= 15 is 0 Å². The number of rotatable bonds is 2. The Morgan fingerprint density at radius 3 is 1.56 bits per heavy atom. The number of hydrogen-bond acceptors (Lipinski definition) is 1. The van der Waals surface area contributed by atoms with E-state index < -0.39 is 0 Å². The van der Waals surface area contributed by atoms with E-state index in [-0.39, 0.29) is 32.5 Å². The molecule has 5 aliphatic rings. The first kappa shape index (κ1) is 42.5. The van der Waals surface area contributed by atoms with Gasteiger partial charge in [-0.05, 0) is 142 Å². The molecular formula is C63H69N. The second-order valence-corrected chi connectivity index (χ2v) is 24.4. The number of allylic oxidation sites excluding steroid dienone is 4. The van der Waals surface area contributed by atoms with Crippen molar-refractivity contribution in [3.8, 4) is 33.4 Å². The average Bonchev–Trinajstić information content (AvgIpc) is 3.61. The zero-order valence-corrected chi connectivity index (χ0v) is 41.4. The van der Waals surface area contributed by atoms with E-state index in [2.05, 4.69) is 236 Å². The highest BCUT2D eigenvalue weighted by molar-refractivity contribution is 6.02. The van der Waals surface area contributed by atoms with Gasteiger partial charge in [0, 0.05) is 27.6 Å². The highest BCUT2D eigenvalue weighted by atomic mass is 15.2. The van der Waals surface area contributed by atoms with Crippen LogP contribution in [-0.2, 0) is 32.5 Å². The fraction of sp³-hybridized carbons (Fsp3) is 0.365. The van der Waals surface area contributed by atoms with Crippen LogP contribution in [0.1, 0.15) is 160 Å². The molecule has 64 heavy (non-hydrogen) atoms. The molecule has 0 spiro atoms. The van der Waals surface area contributed by atoms with E-state index in [1.807, 2.05) is 0 Å². The molecule has 0 amide bonds. The van der Waals surface area contributed by atoms with Crippen LogP contribution in [0.25, 0.3) is 39.0 Å². The Hall–Kier alpha value is -5.40. The fourth-order valence-electron chi connectivity index (χ4n) is 11.5. The number of hydrogen-bond donors (Lipinski definition) is 0. The van der Waals surface area contributed by atoms with Crippen molar-refractivity contribution in [1.82, 2.24) is 0 Å². The minimum atomic E-state index is -0.212. The Morgan fingerprint density at radius 1 is 0.484 bits per heavy atom. The van der Waals surface area contributed by atoms with Crippen LogP contribution in [0.2, 0.25) is 0 Å². The zero-order chi connectivity index (χ0) is 45.7. The van der Waals surface area contributed by atoms with Gasteiger partial charge in [-0.25, -0.2) is 0 Å². The lowest BCUT2D eigenvalue weighted by Gasteiger charge is -2.37. The Bertz CT molecular complexity index is 2970. The normalized spacial score (nSPS) is 18.7. The van der Waals surface area contributed by atoms with E-state index in [1.54, 1.807) is 0 Å². The SMILES string of the molecule is CC(C)(C)c1ccc2c(c1)C(C)(C)c1cc(C(C)(C)C)cc(N3c4cc(cc(-c5ccccc5)c4)C4=CC=CC(C4)C(C)(C)c4ccc5c(c4)C(C)(C)c4cc(C(C)(C)C)cc3c4-5)c1-2. The molecule has 1 heteroatoms. The molecule has 6 aromatic rings. The third kappa shape index (κ3) is 6.46. The number of anilines is 3. The minimum Gasteiger partial charge on any atom is -0.309 e. The lowest BCUT2D eigenvalue weighted by Crippen LogP contribution is -2.29. The summed E-state index contributed by atoms with van der Waals surface area (Å²) in [4.78, 5) is 2.73. The first-order chi connectivity index (χ1) is 29.9. The maximum absolute atomic E-state index is 2.73. The molecule has 6 aromatic carbocycles. The van der Waals surface area contributed by atoms with Crippen LogP contribution in [0.4, 0.5) is 17.1 Å². The van der Waals surface area contributed by atoms with E-state index in [9.17, 15) is 0 Å². The monoisotopic (exact) mass is 840 g/mol. The Balaban J connectivity index is 1.42. The Labute approximate surface area is 385 Å². The summed E-state index contributed by atoms with van der Waals surface area (Å²) in [5.74, 6) is 0.340. The van der Waals surface area contributed by atoms with Gasteiger partial charge in [0.1, 0.15) is 0 Å². The van der Waals surface area contributed by atoms with Crippen LogP contribution < -0.4 is 4.90 Å². The number of fused-ring (bicyclic) bond motifs is 4. The summed E-state index contributed by atoms with van der Waals surface area (Å²) < 4.78 is 0. The van der Waals surface area contributed by atoms with Gasteiger partial charge in [0.05, 0.1) is 11.4 Å². The molecule has 2 heterocycles. The van der Waals surface area contributed by atoms with Crippen LogP contribution in [0.15, 0.2) is 127 Å². The van der Waals surface area contributed by atoms with Gasteiger partial charge in [-0.3, -0.25) is 0 Å². The van der Waals surface area contributed by atoms with E-state index in [0.717, 1.165) is 6.42 Å². The first-order valence-corrected chi connectivity index (χ1v) is 23.9. The number of nitrogens with zero attached hydrogens (tertiary/aromatic N) is 1. The van der Waals surface area contributed by atoms with E-state index in [0.29, 0.717) is 5.92 Å². The van der Waals surface area contributed by atoms with Gasteiger partial charge in [0.15, 0.2) is 0 Å². The van der Waals surface area contributed by atoms with Gasteiger partial charge >= 0.3 is 0 Å². The minimum absolute atomic E-state index is 0.0351. The van der Waals surface area contributed by atoms with Crippen LogP contribution in [0.3, 0.4) is 0 Å². The van der Waals surface area contributed by atoms with Crippen molar-refractivity contribution in [3.05, 3.63) is 177 Å². The van der Waals surface area contributed by atoms with Crippen LogP contribution in [0.5, 0.6) is 0 Å². The van der Waals surface area contributed by atoms with Gasteiger partial charge in [0.25, 0.3) is 0 Å². The van der Waals surface area contributed by atoms with Crippen LogP contribution >= 0.6 is 0 Å². The van der Waals surface area contributed by atoms with Crippen molar-refractivity contribution >= 4 is 22.6 Å². The average molecular weight is 840 g/mol. The molecular weight excluding hydrogens is 771 g/mol. The predicted molar refractivity (Wildman–Crippen MR) is 276 cm³/mol. The molecule has 0 N–H and O–H groups in total. The quantitative estimate of drug-likeness (QED) is 0.168. The summed E-state index contributed by atoms with van der Waals surface area (Å²) in [5.41, 5.74) is 24.8. The maximum Gasteiger partial charge on any atom is 0.0546 e. The summed E-state index contributed by atoms with van der Waals surface area (Å²) in [6.45, 7) is 36.2. The van der Waals surface area contributed by atoms with Crippen molar-refractivity contribution < 1.29 is 0 Å². The molecule has 1 atom stereocenters. The third-order valence-corrected chi connectivity index (χ3v) is 16.0. The van der Waals surface area contributed by atoms with Gasteiger partial charge < -0.3 is 4.90 Å². The largest absolute Gasteiger partial charge is 0.309 e. The predicted octanol–water partition coefficient (Wildman–Crippen LogP) is 17.6. The molecule has 0 aromatic heterocycles. The molecule has 326 valence electrons. The third-order valence-electron chi connectivity index (χ3n) is 16.0. The standard InChI is InChI=1S/C63H69N/c1-58(2,3)42-24-26-48-50(32-42)62(12,13)52-34-45(59(4,5)6)36-54(56(48)52)64-47-30-40(38-20-17-16-18-21-38)28-41(31-47)39-22-19-23-43(29-39)61(10,11)44-25-27-49-51(33-44)63(14,15)53-35-46(60(7,8)9)37-55(64)57(49)53/h16-28,30-37,43H,29H2,1-15H3. The molecule has 0 fully saturated rings. The Kier molecular flexibility index (Phi) is 9.18. The molecule has 8 bridgehead atoms. The van der Waals surface area contributed by atoms with Gasteiger partial charge in [-0.1, -0.05) is 201 Å². The highest BCUT2D eigenvalue weighted by Gasteiger charge is 2.44. The molecule has 1 unspecified atom stereocenters. The smallest absolute Gasteiger partial charge is 0.0546 e. The van der Waals surface area contributed by atoms with Crippen molar-refractivity contribution in [1.29, 1.82) is 0 Å².